The van der Waals surface area contributed by atoms with Crippen LogP contribution in [0, 0.1) is 0 Å². The van der Waals surface area contributed by atoms with E-state index in [1.165, 1.54) is 0 Å². The topological polar surface area (TPSA) is 61.4 Å². The number of aryl methyl sites for hydroxylation is 1. The summed E-state index contributed by atoms with van der Waals surface area (Å²) in [6, 6.07) is 23.8. The molecule has 0 radical (unpaired) electrons. The van der Waals surface area contributed by atoms with Gasteiger partial charge in [-0.05, 0) is 41.7 Å². The van der Waals surface area contributed by atoms with E-state index in [1.807, 2.05) is 85.8 Å². The van der Waals surface area contributed by atoms with Crippen LogP contribution in [-0.4, -0.2) is 18.5 Å². The van der Waals surface area contributed by atoms with Gasteiger partial charge in [-0.25, -0.2) is 4.79 Å². The third kappa shape index (κ3) is 4.06. The van der Waals surface area contributed by atoms with Crippen LogP contribution < -0.4 is 15.5 Å². The molecule has 5 nitrogen and oxygen atoms in total. The Hall–Kier alpha value is -3.60. The maximum absolute atomic E-state index is 13.5. The molecule has 3 amide bonds. The number of benzene rings is 3. The van der Waals surface area contributed by atoms with Gasteiger partial charge in [-0.1, -0.05) is 73.7 Å². The van der Waals surface area contributed by atoms with E-state index in [0.29, 0.717) is 6.54 Å². The first-order chi connectivity index (χ1) is 14.7. The zero-order valence-corrected chi connectivity index (χ0v) is 17.0. The number of para-hydroxylation sites is 2. The third-order valence-corrected chi connectivity index (χ3v) is 5.45. The zero-order chi connectivity index (χ0) is 20.9. The number of amides is 3. The number of nitrogens with zero attached hydrogens (tertiary/aromatic N) is 1. The van der Waals surface area contributed by atoms with Crippen molar-refractivity contribution < 1.29 is 9.59 Å². The van der Waals surface area contributed by atoms with Crippen LogP contribution in [0.25, 0.3) is 0 Å². The standard InChI is InChI=1S/C25H25N3O2/c1-2-18-10-6-8-14-21(18)26-25(30)27-23(20-12-4-3-5-13-20)24(29)28-17-16-19-11-7-9-15-22(19)28/h3-15,23H,2,16-17H2,1H3,(H2,26,27,30)/t23-/m1/s1. The number of anilines is 2. The van der Waals surface area contributed by atoms with Gasteiger partial charge in [0.1, 0.15) is 6.04 Å². The Morgan fingerprint density at radius 1 is 0.933 bits per heavy atom. The molecule has 0 unspecified atom stereocenters. The molecule has 1 aliphatic heterocycles. The van der Waals surface area contributed by atoms with Crippen LogP contribution in [0.3, 0.4) is 0 Å². The Labute approximate surface area is 176 Å². The first-order valence-corrected chi connectivity index (χ1v) is 10.3. The van der Waals surface area contributed by atoms with Crippen LogP contribution in [-0.2, 0) is 17.6 Å². The molecule has 0 bridgehead atoms. The largest absolute Gasteiger partial charge is 0.322 e. The van der Waals surface area contributed by atoms with Gasteiger partial charge in [0.05, 0.1) is 0 Å². The minimum atomic E-state index is -0.772. The van der Waals surface area contributed by atoms with Crippen molar-refractivity contribution in [2.24, 2.45) is 0 Å². The molecule has 0 spiro atoms. The summed E-state index contributed by atoms with van der Waals surface area (Å²) in [4.78, 5) is 28.1. The van der Waals surface area contributed by atoms with Crippen molar-refractivity contribution in [2.75, 3.05) is 16.8 Å². The average Bonchev–Trinajstić information content (AvgIpc) is 3.22. The normalized spacial score (nSPS) is 13.4. The number of hydrogen-bond acceptors (Lipinski definition) is 2. The maximum atomic E-state index is 13.5. The fourth-order valence-electron chi connectivity index (χ4n) is 3.90. The Kier molecular flexibility index (Phi) is 5.80. The lowest BCUT2D eigenvalue weighted by Gasteiger charge is -2.25. The van der Waals surface area contributed by atoms with Crippen molar-refractivity contribution in [3.05, 3.63) is 95.6 Å². The van der Waals surface area contributed by atoms with Crippen LogP contribution in [0.15, 0.2) is 78.9 Å². The second-order valence-electron chi connectivity index (χ2n) is 7.32. The van der Waals surface area contributed by atoms with Crippen LogP contribution >= 0.6 is 0 Å². The lowest BCUT2D eigenvalue weighted by molar-refractivity contribution is -0.120. The van der Waals surface area contributed by atoms with Crippen molar-refractivity contribution in [2.45, 2.75) is 25.8 Å². The quantitative estimate of drug-likeness (QED) is 0.653. The molecule has 5 heteroatoms. The Morgan fingerprint density at radius 2 is 1.63 bits per heavy atom. The number of rotatable bonds is 5. The van der Waals surface area contributed by atoms with E-state index < -0.39 is 12.1 Å². The molecule has 1 heterocycles. The highest BCUT2D eigenvalue weighted by Gasteiger charge is 2.32. The molecular formula is C25H25N3O2. The highest BCUT2D eigenvalue weighted by molar-refractivity contribution is 6.02. The van der Waals surface area contributed by atoms with E-state index in [1.54, 1.807) is 4.90 Å². The van der Waals surface area contributed by atoms with Gasteiger partial charge >= 0.3 is 6.03 Å². The predicted octanol–water partition coefficient (Wildman–Crippen LogP) is 4.70. The van der Waals surface area contributed by atoms with Crippen molar-refractivity contribution in [3.8, 4) is 0 Å². The Bertz CT molecular complexity index is 1050. The van der Waals surface area contributed by atoms with E-state index in [9.17, 15) is 9.59 Å². The number of carbonyl (C=O) groups is 2. The smallest absolute Gasteiger partial charge is 0.320 e. The molecule has 0 saturated carbocycles. The molecule has 4 rings (SSSR count). The highest BCUT2D eigenvalue weighted by atomic mass is 16.2. The van der Waals surface area contributed by atoms with Crippen LogP contribution in [0.4, 0.5) is 16.2 Å². The number of urea groups is 1. The van der Waals surface area contributed by atoms with E-state index in [0.717, 1.165) is 40.9 Å². The van der Waals surface area contributed by atoms with Crippen molar-refractivity contribution in [1.29, 1.82) is 0 Å². The minimum Gasteiger partial charge on any atom is -0.322 e. The molecule has 3 aromatic carbocycles. The maximum Gasteiger partial charge on any atom is 0.320 e. The van der Waals surface area contributed by atoms with E-state index in [2.05, 4.69) is 10.6 Å². The molecule has 0 saturated heterocycles. The van der Waals surface area contributed by atoms with Crippen LogP contribution in [0.5, 0.6) is 0 Å². The summed E-state index contributed by atoms with van der Waals surface area (Å²) in [6.45, 7) is 2.66. The van der Waals surface area contributed by atoms with Gasteiger partial charge in [0.25, 0.3) is 5.91 Å². The molecule has 30 heavy (non-hydrogen) atoms. The summed E-state index contributed by atoms with van der Waals surface area (Å²) in [5, 5.41) is 5.80. The fourth-order valence-corrected chi connectivity index (χ4v) is 3.90. The summed E-state index contributed by atoms with van der Waals surface area (Å²) in [7, 11) is 0. The Morgan fingerprint density at radius 3 is 2.43 bits per heavy atom. The molecular weight excluding hydrogens is 374 g/mol. The van der Waals surface area contributed by atoms with Gasteiger partial charge in [0, 0.05) is 17.9 Å². The van der Waals surface area contributed by atoms with Gasteiger partial charge in [-0.15, -0.1) is 0 Å². The van der Waals surface area contributed by atoms with Crippen LogP contribution in [0.1, 0.15) is 29.7 Å². The van der Waals surface area contributed by atoms with Crippen molar-refractivity contribution in [3.63, 3.8) is 0 Å². The Balaban J connectivity index is 1.58. The van der Waals surface area contributed by atoms with Gasteiger partial charge in [-0.2, -0.15) is 0 Å². The molecule has 0 fully saturated rings. The SMILES string of the molecule is CCc1ccccc1NC(=O)N[C@@H](C(=O)N1CCc2ccccc21)c1ccccc1. The van der Waals surface area contributed by atoms with Crippen molar-refractivity contribution >= 4 is 23.3 Å². The second-order valence-corrected chi connectivity index (χ2v) is 7.32. The molecule has 0 aromatic heterocycles. The molecule has 1 aliphatic rings. The summed E-state index contributed by atoms with van der Waals surface area (Å²) in [5.41, 5.74) is 4.62. The summed E-state index contributed by atoms with van der Waals surface area (Å²) in [6.07, 6.45) is 1.63. The van der Waals surface area contributed by atoms with E-state index >= 15 is 0 Å². The lowest BCUT2D eigenvalue weighted by Crippen LogP contribution is -2.44. The van der Waals surface area contributed by atoms with Crippen LogP contribution in [0.2, 0.25) is 0 Å². The first kappa shape index (κ1) is 19.7. The van der Waals surface area contributed by atoms with E-state index in [4.69, 9.17) is 0 Å². The van der Waals surface area contributed by atoms with Gasteiger partial charge in [-0.3, -0.25) is 4.79 Å². The number of nitrogens with one attached hydrogen (secondary N) is 2. The molecule has 3 aromatic rings. The first-order valence-electron chi connectivity index (χ1n) is 10.3. The van der Waals surface area contributed by atoms with E-state index in [-0.39, 0.29) is 5.91 Å². The molecule has 1 atom stereocenters. The number of hydrogen-bond donors (Lipinski definition) is 2. The molecule has 0 aliphatic carbocycles. The molecule has 152 valence electrons. The predicted molar refractivity (Wildman–Crippen MR) is 120 cm³/mol. The van der Waals surface area contributed by atoms with Gasteiger partial charge < -0.3 is 15.5 Å². The average molecular weight is 399 g/mol. The third-order valence-electron chi connectivity index (χ3n) is 5.45. The van der Waals surface area contributed by atoms with Gasteiger partial charge in [0.15, 0.2) is 0 Å². The number of carbonyl (C=O) groups excluding carboxylic acids is 2. The second kappa shape index (κ2) is 8.82. The summed E-state index contributed by atoms with van der Waals surface area (Å²) < 4.78 is 0. The lowest BCUT2D eigenvalue weighted by atomic mass is 10.1. The molecule has 2 N–H and O–H groups in total. The summed E-state index contributed by atoms with van der Waals surface area (Å²) >= 11 is 0. The minimum absolute atomic E-state index is 0.134. The summed E-state index contributed by atoms with van der Waals surface area (Å²) in [5.74, 6) is -0.134. The monoisotopic (exact) mass is 399 g/mol. The van der Waals surface area contributed by atoms with Crippen molar-refractivity contribution in [1.82, 2.24) is 5.32 Å². The number of fused-ring (bicyclic) bond motifs is 1. The fraction of sp³-hybridized carbons (Fsp3) is 0.200. The zero-order valence-electron chi connectivity index (χ0n) is 17.0. The highest BCUT2D eigenvalue weighted by Crippen LogP contribution is 2.30. The van der Waals surface area contributed by atoms with Gasteiger partial charge in [0.2, 0.25) is 0 Å².